The van der Waals surface area contributed by atoms with E-state index in [0.717, 1.165) is 30.5 Å². The third kappa shape index (κ3) is 6.22. The first kappa shape index (κ1) is 29.8. The molecule has 2 aromatic carbocycles. The van der Waals surface area contributed by atoms with Crippen LogP contribution in [0.3, 0.4) is 0 Å². The second-order valence-electron chi connectivity index (χ2n) is 10.6. The monoisotopic (exact) mass is 615 g/mol. The number of nitrogens with one attached hydrogen (secondary N) is 2. The van der Waals surface area contributed by atoms with Crippen LogP contribution in [0.25, 0.3) is 22.2 Å². The molecule has 1 fully saturated rings. The normalized spacial score (nSPS) is 13.5. The van der Waals surface area contributed by atoms with Crippen LogP contribution < -0.4 is 20.1 Å². The molecule has 45 heavy (non-hydrogen) atoms. The Labute approximate surface area is 257 Å². The molecule has 0 spiro atoms. The first-order valence-electron chi connectivity index (χ1n) is 14.3. The third-order valence-corrected chi connectivity index (χ3v) is 7.72. The predicted octanol–water partition coefficient (Wildman–Crippen LogP) is 5.80. The average Bonchev–Trinajstić information content (AvgIpc) is 3.36. The summed E-state index contributed by atoms with van der Waals surface area (Å²) in [4.78, 5) is 21.7. The van der Waals surface area contributed by atoms with Crippen molar-refractivity contribution in [3.8, 4) is 28.6 Å². The molecule has 0 unspecified atom stereocenters. The lowest BCUT2D eigenvalue weighted by atomic mass is 10.1. The molecule has 0 bridgehead atoms. The van der Waals surface area contributed by atoms with Crippen molar-refractivity contribution in [2.45, 2.75) is 25.4 Å². The van der Waals surface area contributed by atoms with Gasteiger partial charge >= 0.3 is 0 Å². The Kier molecular flexibility index (Phi) is 8.47. The number of aromatic hydroxyl groups is 1. The summed E-state index contributed by atoms with van der Waals surface area (Å²) in [6.07, 6.45) is 4.53. The highest BCUT2D eigenvalue weighted by Crippen LogP contribution is 2.39. The zero-order valence-electron chi connectivity index (χ0n) is 24.6. The lowest BCUT2D eigenvalue weighted by Gasteiger charge is -2.23. The van der Waals surface area contributed by atoms with Gasteiger partial charge in [0.2, 0.25) is 5.88 Å². The van der Waals surface area contributed by atoms with Crippen LogP contribution in [-0.4, -0.2) is 59.0 Å². The van der Waals surface area contributed by atoms with Gasteiger partial charge in [-0.1, -0.05) is 6.07 Å². The topological polar surface area (TPSA) is 120 Å². The standard InChI is InChI=1S/C33H31F2N5O5/c1-43-22-8-6-20(28(14-22)44-2)17-40-18-27-31(33(40)42)26(15-25(38-27)30-23(34)4-3-5-24(30)35)39-29-9-7-19(16-36-29)32(41)37-21-10-12-45-13-11-21/h3-9,14-16,18,21,42H,10-13,17H2,1-2H3,(H,36,39)(H,37,41). The van der Waals surface area contributed by atoms with Crippen molar-refractivity contribution in [3.63, 3.8) is 0 Å². The number of amides is 1. The van der Waals surface area contributed by atoms with Crippen LogP contribution in [-0.2, 0) is 11.3 Å². The highest BCUT2D eigenvalue weighted by molar-refractivity contribution is 5.99. The fourth-order valence-electron chi connectivity index (χ4n) is 5.35. The fraction of sp³-hybridized carbons (Fsp3) is 0.242. The molecular formula is C33H31F2N5O5. The number of aromatic nitrogens is 3. The molecule has 6 rings (SSSR count). The number of anilines is 2. The van der Waals surface area contributed by atoms with E-state index in [1.807, 2.05) is 6.07 Å². The summed E-state index contributed by atoms with van der Waals surface area (Å²) in [6.45, 7) is 1.41. The van der Waals surface area contributed by atoms with Gasteiger partial charge in [0.25, 0.3) is 5.91 Å². The largest absolute Gasteiger partial charge is 0.497 e. The molecule has 232 valence electrons. The van der Waals surface area contributed by atoms with Gasteiger partial charge in [0.1, 0.15) is 29.0 Å². The zero-order valence-corrected chi connectivity index (χ0v) is 24.6. The molecule has 3 aromatic heterocycles. The molecule has 10 nitrogen and oxygen atoms in total. The summed E-state index contributed by atoms with van der Waals surface area (Å²) in [7, 11) is 3.09. The molecule has 1 aliphatic heterocycles. The number of halogens is 2. The molecule has 0 aliphatic carbocycles. The van der Waals surface area contributed by atoms with Crippen molar-refractivity contribution in [1.82, 2.24) is 19.9 Å². The Morgan fingerprint density at radius 1 is 1.07 bits per heavy atom. The minimum absolute atomic E-state index is 0.0206. The summed E-state index contributed by atoms with van der Waals surface area (Å²) < 4.78 is 47.4. The van der Waals surface area contributed by atoms with Crippen molar-refractivity contribution < 1.29 is 32.9 Å². The maximum Gasteiger partial charge on any atom is 0.253 e. The maximum absolute atomic E-state index is 14.9. The molecule has 3 N–H and O–H groups in total. The van der Waals surface area contributed by atoms with Gasteiger partial charge in [-0.3, -0.25) is 4.79 Å². The van der Waals surface area contributed by atoms with Crippen molar-refractivity contribution in [2.75, 3.05) is 32.8 Å². The summed E-state index contributed by atoms with van der Waals surface area (Å²) in [6, 6.07) is 13.7. The smallest absolute Gasteiger partial charge is 0.253 e. The molecule has 5 aromatic rings. The average molecular weight is 616 g/mol. The van der Waals surface area contributed by atoms with Gasteiger partial charge in [-0.2, -0.15) is 0 Å². The Balaban J connectivity index is 1.37. The van der Waals surface area contributed by atoms with E-state index < -0.39 is 11.6 Å². The number of ether oxygens (including phenoxy) is 3. The number of hydrogen-bond acceptors (Lipinski definition) is 8. The Morgan fingerprint density at radius 3 is 2.53 bits per heavy atom. The van der Waals surface area contributed by atoms with E-state index in [0.29, 0.717) is 47.2 Å². The Morgan fingerprint density at radius 2 is 1.84 bits per heavy atom. The predicted molar refractivity (Wildman–Crippen MR) is 164 cm³/mol. The number of carbonyl (C=O) groups is 1. The number of carbonyl (C=O) groups excluding carboxylic acids is 1. The van der Waals surface area contributed by atoms with Gasteiger partial charge in [-0.05, 0) is 55.3 Å². The minimum atomic E-state index is -0.780. The van der Waals surface area contributed by atoms with E-state index in [1.54, 1.807) is 42.1 Å². The van der Waals surface area contributed by atoms with Gasteiger partial charge in [-0.15, -0.1) is 0 Å². The van der Waals surface area contributed by atoms with E-state index >= 15 is 0 Å². The molecule has 1 aliphatic rings. The Bertz CT molecular complexity index is 1840. The number of benzene rings is 2. The molecule has 0 atom stereocenters. The van der Waals surface area contributed by atoms with Gasteiger partial charge in [0.05, 0.1) is 54.2 Å². The van der Waals surface area contributed by atoms with Crippen LogP contribution in [0.5, 0.6) is 17.4 Å². The van der Waals surface area contributed by atoms with Gasteiger partial charge in [0, 0.05) is 43.3 Å². The number of nitrogens with zero attached hydrogens (tertiary/aromatic N) is 3. The van der Waals surface area contributed by atoms with Crippen LogP contribution in [0.15, 0.2) is 67.0 Å². The maximum atomic E-state index is 14.9. The zero-order chi connectivity index (χ0) is 31.5. The van der Waals surface area contributed by atoms with Crippen molar-refractivity contribution in [1.29, 1.82) is 0 Å². The van der Waals surface area contributed by atoms with Crippen LogP contribution in [0.4, 0.5) is 20.3 Å². The van der Waals surface area contributed by atoms with E-state index in [9.17, 15) is 18.7 Å². The van der Waals surface area contributed by atoms with Gasteiger partial charge in [-0.25, -0.2) is 18.7 Å². The van der Waals surface area contributed by atoms with Crippen molar-refractivity contribution >= 4 is 28.3 Å². The number of hydrogen-bond donors (Lipinski definition) is 3. The lowest BCUT2D eigenvalue weighted by Crippen LogP contribution is -2.38. The molecule has 0 saturated carbocycles. The number of rotatable bonds is 9. The fourth-order valence-corrected chi connectivity index (χ4v) is 5.35. The highest BCUT2D eigenvalue weighted by atomic mass is 19.1. The van der Waals surface area contributed by atoms with E-state index in [1.165, 1.54) is 25.4 Å². The molecule has 0 radical (unpaired) electrons. The first-order chi connectivity index (χ1) is 21.8. The molecule has 12 heteroatoms. The number of fused-ring (bicyclic) bond motifs is 1. The molecule has 1 amide bonds. The molecule has 1 saturated heterocycles. The van der Waals surface area contributed by atoms with Crippen molar-refractivity contribution in [2.24, 2.45) is 0 Å². The summed E-state index contributed by atoms with van der Waals surface area (Å²) in [5.74, 6) is -0.429. The number of pyridine rings is 2. The lowest BCUT2D eigenvalue weighted by molar-refractivity contribution is 0.0696. The van der Waals surface area contributed by atoms with Gasteiger partial charge in [0.15, 0.2) is 0 Å². The summed E-state index contributed by atoms with van der Waals surface area (Å²) >= 11 is 0. The van der Waals surface area contributed by atoms with Crippen LogP contribution >= 0.6 is 0 Å². The molecule has 4 heterocycles. The van der Waals surface area contributed by atoms with E-state index in [2.05, 4.69) is 20.6 Å². The SMILES string of the molecule is COc1ccc(Cn2cc3nc(-c4c(F)cccc4F)cc(Nc4ccc(C(=O)NC5CCOCC5)cn4)c3c2O)c(OC)c1. The highest BCUT2D eigenvalue weighted by Gasteiger charge is 2.22. The molecular weight excluding hydrogens is 584 g/mol. The minimum Gasteiger partial charge on any atom is -0.497 e. The second kappa shape index (κ2) is 12.8. The first-order valence-corrected chi connectivity index (χ1v) is 14.3. The van der Waals surface area contributed by atoms with Crippen LogP contribution in [0.1, 0.15) is 28.8 Å². The number of methoxy groups -OCH3 is 2. The van der Waals surface area contributed by atoms with Gasteiger partial charge < -0.3 is 34.5 Å². The Hall–Kier alpha value is -5.23. The van der Waals surface area contributed by atoms with Crippen LogP contribution in [0, 0.1) is 11.6 Å². The second-order valence-corrected chi connectivity index (χ2v) is 10.6. The summed E-state index contributed by atoms with van der Waals surface area (Å²) in [5, 5.41) is 17.9. The van der Waals surface area contributed by atoms with Crippen molar-refractivity contribution in [3.05, 3.63) is 89.8 Å². The third-order valence-electron chi connectivity index (χ3n) is 7.72. The van der Waals surface area contributed by atoms with E-state index in [4.69, 9.17) is 14.2 Å². The van der Waals surface area contributed by atoms with Crippen LogP contribution in [0.2, 0.25) is 0 Å². The summed E-state index contributed by atoms with van der Waals surface area (Å²) in [5.41, 5.74) is 1.44. The van der Waals surface area contributed by atoms with E-state index in [-0.39, 0.29) is 41.1 Å². The quantitative estimate of drug-likeness (QED) is 0.190.